The van der Waals surface area contributed by atoms with Crippen molar-refractivity contribution in [3.05, 3.63) is 22.8 Å². The van der Waals surface area contributed by atoms with Gasteiger partial charge >= 0.3 is 0 Å². The molecule has 0 saturated carbocycles. The summed E-state index contributed by atoms with van der Waals surface area (Å²) >= 11 is 6.00. The lowest BCUT2D eigenvalue weighted by molar-refractivity contribution is 0.0663. The van der Waals surface area contributed by atoms with Gasteiger partial charge in [0.05, 0.1) is 0 Å². The van der Waals surface area contributed by atoms with Crippen molar-refractivity contribution in [1.29, 1.82) is 0 Å². The van der Waals surface area contributed by atoms with E-state index >= 15 is 0 Å². The molecular formula is C15H23ClN4O. The van der Waals surface area contributed by atoms with Gasteiger partial charge < -0.3 is 15.1 Å². The molecular weight excluding hydrogens is 288 g/mol. The second-order valence-corrected chi connectivity index (χ2v) is 5.97. The Bertz CT molecular complexity index is 498. The number of hydrogen-bond donors (Lipinski definition) is 1. The van der Waals surface area contributed by atoms with E-state index in [1.54, 1.807) is 12.1 Å². The van der Waals surface area contributed by atoms with Crippen molar-refractivity contribution in [2.24, 2.45) is 0 Å². The molecule has 1 aromatic heterocycles. The molecule has 1 aliphatic heterocycles. The summed E-state index contributed by atoms with van der Waals surface area (Å²) in [7, 11) is 4.18. The number of nitrogens with one attached hydrogen (secondary N) is 1. The molecule has 1 aromatic rings. The molecule has 2 rings (SSSR count). The normalized spacial score (nSPS) is 16.3. The zero-order valence-electron chi connectivity index (χ0n) is 12.9. The molecule has 1 fully saturated rings. The second kappa shape index (κ2) is 7.09. The number of hydrogen-bond acceptors (Lipinski definition) is 4. The molecule has 0 aromatic carbocycles. The Kier molecular flexibility index (Phi) is 5.42. The highest BCUT2D eigenvalue weighted by molar-refractivity contribution is 6.29. The van der Waals surface area contributed by atoms with Crippen LogP contribution in [0.5, 0.6) is 0 Å². The first-order valence-electron chi connectivity index (χ1n) is 7.38. The summed E-state index contributed by atoms with van der Waals surface area (Å²) in [4.78, 5) is 20.9. The van der Waals surface area contributed by atoms with Crippen molar-refractivity contribution >= 4 is 23.3 Å². The van der Waals surface area contributed by atoms with Crippen LogP contribution >= 0.6 is 11.6 Å². The van der Waals surface area contributed by atoms with Gasteiger partial charge in [0.15, 0.2) is 0 Å². The maximum Gasteiger partial charge on any atom is 0.254 e. The molecule has 0 spiro atoms. The first-order chi connectivity index (χ1) is 10.0. The number of nitrogens with zero attached hydrogens (tertiary/aromatic N) is 3. The number of carbonyl (C=O) groups excluding carboxylic acids is 1. The first kappa shape index (κ1) is 16.0. The smallest absolute Gasteiger partial charge is 0.254 e. The largest absolute Gasteiger partial charge is 0.370 e. The van der Waals surface area contributed by atoms with E-state index in [0.717, 1.165) is 32.5 Å². The molecule has 0 unspecified atom stereocenters. The van der Waals surface area contributed by atoms with Gasteiger partial charge in [-0.05, 0) is 46.0 Å². The summed E-state index contributed by atoms with van der Waals surface area (Å²) in [5.74, 6) is 0.687. The quantitative estimate of drug-likeness (QED) is 0.867. The number of aromatic nitrogens is 1. The Morgan fingerprint density at radius 1 is 1.43 bits per heavy atom. The topological polar surface area (TPSA) is 48.5 Å². The van der Waals surface area contributed by atoms with Gasteiger partial charge in [0.25, 0.3) is 5.91 Å². The lowest BCUT2D eigenvalue weighted by Crippen LogP contribution is -2.44. The van der Waals surface area contributed by atoms with Crippen LogP contribution < -0.4 is 5.32 Å². The van der Waals surface area contributed by atoms with E-state index in [2.05, 4.69) is 29.3 Å². The summed E-state index contributed by atoms with van der Waals surface area (Å²) in [5.41, 5.74) is 0.606. The van der Waals surface area contributed by atoms with Crippen LogP contribution in [0.15, 0.2) is 12.1 Å². The van der Waals surface area contributed by atoms with Gasteiger partial charge in [-0.25, -0.2) is 4.98 Å². The summed E-state index contributed by atoms with van der Waals surface area (Å²) in [6, 6.07) is 3.98. The maximum absolute atomic E-state index is 12.6. The highest BCUT2D eigenvalue weighted by atomic mass is 35.5. The van der Waals surface area contributed by atoms with Gasteiger partial charge in [-0.1, -0.05) is 11.6 Å². The number of carbonyl (C=O) groups is 1. The van der Waals surface area contributed by atoms with Crippen LogP contribution in [0.4, 0.5) is 5.82 Å². The van der Waals surface area contributed by atoms with Gasteiger partial charge in [-0.15, -0.1) is 0 Å². The fourth-order valence-electron chi connectivity index (χ4n) is 2.66. The molecule has 6 heteroatoms. The SMILES string of the molecule is CCNc1cc(C(=O)N2CCC(N(C)C)CC2)cc(Cl)n1. The number of piperidine rings is 1. The lowest BCUT2D eigenvalue weighted by atomic mass is 10.0. The highest BCUT2D eigenvalue weighted by Crippen LogP contribution is 2.20. The number of pyridine rings is 1. The van der Waals surface area contributed by atoms with Gasteiger partial charge in [0.1, 0.15) is 11.0 Å². The van der Waals surface area contributed by atoms with Crippen molar-refractivity contribution < 1.29 is 4.79 Å². The molecule has 1 amide bonds. The van der Waals surface area contributed by atoms with E-state index in [0.29, 0.717) is 22.6 Å². The van der Waals surface area contributed by atoms with Crippen LogP contribution in [0.2, 0.25) is 5.15 Å². The van der Waals surface area contributed by atoms with Crippen LogP contribution in [0, 0.1) is 0 Å². The van der Waals surface area contributed by atoms with E-state index in [1.807, 2.05) is 11.8 Å². The number of amides is 1. The molecule has 0 atom stereocenters. The summed E-state index contributed by atoms with van der Waals surface area (Å²) in [6.07, 6.45) is 2.02. The lowest BCUT2D eigenvalue weighted by Gasteiger charge is -2.35. The predicted molar refractivity (Wildman–Crippen MR) is 86.0 cm³/mol. The van der Waals surface area contributed by atoms with Crippen LogP contribution in [0.25, 0.3) is 0 Å². The van der Waals surface area contributed by atoms with Gasteiger partial charge in [0.2, 0.25) is 0 Å². The average Bonchev–Trinajstić information content (AvgIpc) is 2.46. The van der Waals surface area contributed by atoms with Crippen LogP contribution in [-0.4, -0.2) is 60.5 Å². The number of likely N-dealkylation sites (tertiary alicyclic amines) is 1. The Morgan fingerprint density at radius 2 is 2.10 bits per heavy atom. The predicted octanol–water partition coefficient (Wildman–Crippen LogP) is 2.33. The van der Waals surface area contributed by atoms with E-state index in [9.17, 15) is 4.79 Å². The average molecular weight is 311 g/mol. The molecule has 1 N–H and O–H groups in total. The second-order valence-electron chi connectivity index (χ2n) is 5.58. The third-order valence-corrected chi connectivity index (χ3v) is 4.07. The maximum atomic E-state index is 12.6. The first-order valence-corrected chi connectivity index (χ1v) is 7.76. The van der Waals surface area contributed by atoms with Crippen molar-refractivity contribution in [3.63, 3.8) is 0 Å². The van der Waals surface area contributed by atoms with Crippen molar-refractivity contribution in [2.45, 2.75) is 25.8 Å². The standard InChI is InChI=1S/C15H23ClN4O/c1-4-17-14-10-11(9-13(16)18-14)15(21)20-7-5-12(6-8-20)19(2)3/h9-10,12H,4-8H2,1-3H3,(H,17,18). The van der Waals surface area contributed by atoms with Crippen molar-refractivity contribution in [3.8, 4) is 0 Å². The number of anilines is 1. The zero-order valence-corrected chi connectivity index (χ0v) is 13.7. The van der Waals surface area contributed by atoms with Gasteiger partial charge in [-0.3, -0.25) is 4.79 Å². The number of halogens is 1. The van der Waals surface area contributed by atoms with E-state index in [-0.39, 0.29) is 5.91 Å². The summed E-state index contributed by atoms with van der Waals surface area (Å²) in [6.45, 7) is 4.31. The Morgan fingerprint density at radius 3 is 2.67 bits per heavy atom. The Hall–Kier alpha value is -1.33. The Labute approximate surface area is 131 Å². The zero-order chi connectivity index (χ0) is 15.4. The molecule has 2 heterocycles. The Balaban J connectivity index is 2.07. The minimum absolute atomic E-state index is 0.0376. The fourth-order valence-corrected chi connectivity index (χ4v) is 2.87. The van der Waals surface area contributed by atoms with Crippen LogP contribution in [-0.2, 0) is 0 Å². The molecule has 0 radical (unpaired) electrons. The minimum atomic E-state index is 0.0376. The van der Waals surface area contributed by atoms with E-state index in [1.165, 1.54) is 0 Å². The molecule has 21 heavy (non-hydrogen) atoms. The van der Waals surface area contributed by atoms with Crippen molar-refractivity contribution in [1.82, 2.24) is 14.8 Å². The summed E-state index contributed by atoms with van der Waals surface area (Å²) < 4.78 is 0. The van der Waals surface area contributed by atoms with Crippen LogP contribution in [0.3, 0.4) is 0 Å². The monoisotopic (exact) mass is 310 g/mol. The minimum Gasteiger partial charge on any atom is -0.370 e. The third-order valence-electron chi connectivity index (χ3n) is 3.88. The highest BCUT2D eigenvalue weighted by Gasteiger charge is 2.25. The molecule has 116 valence electrons. The van der Waals surface area contributed by atoms with E-state index in [4.69, 9.17) is 11.6 Å². The van der Waals surface area contributed by atoms with Crippen molar-refractivity contribution in [2.75, 3.05) is 39.0 Å². The number of rotatable bonds is 4. The molecule has 5 nitrogen and oxygen atoms in total. The molecule has 1 saturated heterocycles. The fraction of sp³-hybridized carbons (Fsp3) is 0.600. The molecule has 1 aliphatic rings. The van der Waals surface area contributed by atoms with Gasteiger partial charge in [0, 0.05) is 31.2 Å². The van der Waals surface area contributed by atoms with Gasteiger partial charge in [-0.2, -0.15) is 0 Å². The van der Waals surface area contributed by atoms with Crippen LogP contribution in [0.1, 0.15) is 30.1 Å². The van der Waals surface area contributed by atoms with E-state index < -0.39 is 0 Å². The molecule has 0 bridgehead atoms. The third kappa shape index (κ3) is 4.08. The molecule has 0 aliphatic carbocycles. The summed E-state index contributed by atoms with van der Waals surface area (Å²) in [5, 5.41) is 3.44.